The van der Waals surface area contributed by atoms with Crippen LogP contribution >= 0.6 is 0 Å². The quantitative estimate of drug-likeness (QED) is 0.566. The highest BCUT2D eigenvalue weighted by Crippen LogP contribution is 2.65. The van der Waals surface area contributed by atoms with Gasteiger partial charge in [0.2, 0.25) is 17.7 Å². The van der Waals surface area contributed by atoms with E-state index in [0.29, 0.717) is 23.9 Å². The first-order chi connectivity index (χ1) is 15.9. The number of hydrogen-bond donors (Lipinski definition) is 1. The number of nitrogens with zero attached hydrogens (tertiary/aromatic N) is 1. The number of allylic oxidation sites excluding steroid dienone is 2. The molecular weight excluding hydrogens is 412 g/mol. The van der Waals surface area contributed by atoms with E-state index in [1.165, 1.54) is 4.90 Å². The highest BCUT2D eigenvalue weighted by Gasteiger charge is 2.67. The molecule has 1 N–H and O–H groups in total. The van der Waals surface area contributed by atoms with Gasteiger partial charge in [-0.2, -0.15) is 0 Å². The summed E-state index contributed by atoms with van der Waals surface area (Å²) in [6.07, 6.45) is 5.76. The first kappa shape index (κ1) is 20.4. The first-order valence-corrected chi connectivity index (χ1v) is 11.9. The molecular formula is C28H28N2O3. The molecule has 168 valence electrons. The highest BCUT2D eigenvalue weighted by molar-refractivity contribution is 6.10. The SMILES string of the molecule is Cc1ccc(NC(=O)[C@H](Cc2ccccc2)N2C(=O)[C@@H]3[C@H]4C=C[C@@H]([C@@H]5C[C@H]45)[C@H]3C2=O)c(C)c1. The van der Waals surface area contributed by atoms with Gasteiger partial charge in [0, 0.05) is 12.1 Å². The fourth-order valence-corrected chi connectivity index (χ4v) is 6.60. The molecule has 0 radical (unpaired) electrons. The molecule has 5 heteroatoms. The molecule has 33 heavy (non-hydrogen) atoms. The topological polar surface area (TPSA) is 66.5 Å². The number of nitrogens with one attached hydrogen (secondary N) is 1. The van der Waals surface area contributed by atoms with Crippen LogP contribution in [0, 0.1) is 49.4 Å². The van der Waals surface area contributed by atoms with Gasteiger partial charge in [-0.15, -0.1) is 0 Å². The summed E-state index contributed by atoms with van der Waals surface area (Å²) in [7, 11) is 0. The van der Waals surface area contributed by atoms with Gasteiger partial charge >= 0.3 is 0 Å². The van der Waals surface area contributed by atoms with Gasteiger partial charge in [-0.1, -0.05) is 60.2 Å². The zero-order chi connectivity index (χ0) is 22.9. The molecule has 7 rings (SSSR count). The Hall–Kier alpha value is -3.21. The van der Waals surface area contributed by atoms with Crippen LogP contribution < -0.4 is 5.32 Å². The van der Waals surface area contributed by atoms with E-state index in [4.69, 9.17) is 0 Å². The molecule has 3 fully saturated rings. The lowest BCUT2D eigenvalue weighted by Crippen LogP contribution is -2.49. The van der Waals surface area contributed by atoms with E-state index >= 15 is 0 Å². The minimum atomic E-state index is -0.866. The largest absolute Gasteiger partial charge is 0.324 e. The summed E-state index contributed by atoms with van der Waals surface area (Å²) in [6.45, 7) is 3.96. The number of hydrogen-bond acceptors (Lipinski definition) is 3. The summed E-state index contributed by atoms with van der Waals surface area (Å²) in [5, 5.41) is 3.01. The molecule has 2 aromatic carbocycles. The average molecular weight is 441 g/mol. The molecule has 1 heterocycles. The molecule has 2 saturated carbocycles. The van der Waals surface area contributed by atoms with Crippen LogP contribution in [0.2, 0.25) is 0 Å². The fourth-order valence-electron chi connectivity index (χ4n) is 6.60. The third-order valence-corrected chi connectivity index (χ3v) is 8.22. The molecule has 0 unspecified atom stereocenters. The van der Waals surface area contributed by atoms with E-state index in [0.717, 1.165) is 23.1 Å². The Morgan fingerprint density at radius 3 is 2.21 bits per heavy atom. The number of benzene rings is 2. The maximum atomic E-state index is 13.7. The van der Waals surface area contributed by atoms with Gasteiger partial charge in [0.25, 0.3) is 0 Å². The molecule has 1 saturated heterocycles. The van der Waals surface area contributed by atoms with Crippen molar-refractivity contribution in [3.8, 4) is 0 Å². The number of amides is 3. The van der Waals surface area contributed by atoms with E-state index in [9.17, 15) is 14.4 Å². The molecule has 5 aliphatic rings. The standard InChI is InChI=1S/C28H28N2O3/c1-15-8-11-22(16(2)12-15)29-26(31)23(13-17-6-4-3-5-7-17)30-27(32)24-18-9-10-19(21-14-20(18)21)25(24)28(30)33/h3-12,18-21,23-25H,13-14H2,1-2H3,(H,29,31)/t18-,19-,20-,21+,23-,24+,25+/m0/s1. The summed E-state index contributed by atoms with van der Waals surface area (Å²) >= 11 is 0. The lowest BCUT2D eigenvalue weighted by Gasteiger charge is -2.37. The van der Waals surface area contributed by atoms with Gasteiger partial charge in [-0.05, 0) is 61.1 Å². The van der Waals surface area contributed by atoms with Gasteiger partial charge in [0.05, 0.1) is 11.8 Å². The Kier molecular flexibility index (Phi) is 4.58. The zero-order valence-corrected chi connectivity index (χ0v) is 18.9. The van der Waals surface area contributed by atoms with Crippen LogP contribution in [0.4, 0.5) is 5.69 Å². The van der Waals surface area contributed by atoms with Crippen molar-refractivity contribution in [2.24, 2.45) is 35.5 Å². The Morgan fingerprint density at radius 2 is 1.61 bits per heavy atom. The Labute approximate surface area is 193 Å². The van der Waals surface area contributed by atoms with Crippen molar-refractivity contribution >= 4 is 23.4 Å². The van der Waals surface area contributed by atoms with Crippen molar-refractivity contribution in [1.29, 1.82) is 0 Å². The van der Waals surface area contributed by atoms with Crippen molar-refractivity contribution in [3.63, 3.8) is 0 Å². The second kappa shape index (κ2) is 7.41. The Morgan fingerprint density at radius 1 is 0.970 bits per heavy atom. The van der Waals surface area contributed by atoms with Crippen molar-refractivity contribution in [2.75, 3.05) is 5.32 Å². The van der Waals surface area contributed by atoms with Crippen LogP contribution in [0.5, 0.6) is 0 Å². The maximum Gasteiger partial charge on any atom is 0.248 e. The predicted molar refractivity (Wildman–Crippen MR) is 125 cm³/mol. The van der Waals surface area contributed by atoms with Crippen molar-refractivity contribution < 1.29 is 14.4 Å². The minimum Gasteiger partial charge on any atom is -0.324 e. The van der Waals surface area contributed by atoms with Crippen LogP contribution in [-0.2, 0) is 20.8 Å². The van der Waals surface area contributed by atoms with Crippen LogP contribution in [0.25, 0.3) is 0 Å². The number of anilines is 1. The van der Waals surface area contributed by atoms with Crippen molar-refractivity contribution in [2.45, 2.75) is 32.7 Å². The second-order valence-electron chi connectivity index (χ2n) is 10.2. The van der Waals surface area contributed by atoms with Gasteiger partial charge in [-0.25, -0.2) is 0 Å². The van der Waals surface area contributed by atoms with Gasteiger partial charge in [-0.3, -0.25) is 19.3 Å². The third-order valence-electron chi connectivity index (χ3n) is 8.22. The summed E-state index contributed by atoms with van der Waals surface area (Å²) in [5.41, 5.74) is 3.71. The smallest absolute Gasteiger partial charge is 0.248 e. The van der Waals surface area contributed by atoms with E-state index in [1.807, 2.05) is 62.4 Å². The number of carbonyl (C=O) groups is 3. The molecule has 0 spiro atoms. The van der Waals surface area contributed by atoms with E-state index in [-0.39, 0.29) is 41.4 Å². The van der Waals surface area contributed by atoms with Gasteiger partial charge in [0.1, 0.15) is 6.04 Å². The number of carbonyl (C=O) groups excluding carboxylic acids is 3. The van der Waals surface area contributed by atoms with Gasteiger partial charge < -0.3 is 5.32 Å². The normalized spacial score (nSPS) is 31.9. The average Bonchev–Trinajstić information content (AvgIpc) is 3.59. The number of likely N-dealkylation sites (tertiary alicyclic amines) is 1. The third kappa shape index (κ3) is 3.17. The number of imide groups is 1. The summed E-state index contributed by atoms with van der Waals surface area (Å²) in [4.78, 5) is 42.3. The Bertz CT molecular complexity index is 1150. The van der Waals surface area contributed by atoms with E-state index in [1.54, 1.807) is 0 Å². The second-order valence-corrected chi connectivity index (χ2v) is 10.2. The number of rotatable bonds is 5. The number of aryl methyl sites for hydroxylation is 2. The zero-order valence-electron chi connectivity index (χ0n) is 18.9. The summed E-state index contributed by atoms with van der Waals surface area (Å²) in [5.74, 6) is 0.128. The van der Waals surface area contributed by atoms with Crippen LogP contribution in [-0.4, -0.2) is 28.7 Å². The minimum absolute atomic E-state index is 0.145. The van der Waals surface area contributed by atoms with Crippen LogP contribution in [0.3, 0.4) is 0 Å². The fraction of sp³-hybridized carbons (Fsp3) is 0.393. The lowest BCUT2D eigenvalue weighted by molar-refractivity contribution is -0.146. The van der Waals surface area contributed by atoms with Crippen LogP contribution in [0.1, 0.15) is 23.1 Å². The predicted octanol–water partition coefficient (Wildman–Crippen LogP) is 3.91. The van der Waals surface area contributed by atoms with E-state index < -0.39 is 6.04 Å². The molecule has 5 nitrogen and oxygen atoms in total. The molecule has 2 bridgehead atoms. The highest BCUT2D eigenvalue weighted by atomic mass is 16.2. The van der Waals surface area contributed by atoms with Crippen LogP contribution in [0.15, 0.2) is 60.7 Å². The monoisotopic (exact) mass is 440 g/mol. The first-order valence-electron chi connectivity index (χ1n) is 11.9. The maximum absolute atomic E-state index is 13.7. The van der Waals surface area contributed by atoms with Gasteiger partial charge in [0.15, 0.2) is 0 Å². The molecule has 1 aliphatic heterocycles. The summed E-state index contributed by atoms with van der Waals surface area (Å²) in [6, 6.07) is 14.6. The molecule has 4 aliphatic carbocycles. The molecule has 2 aromatic rings. The lowest BCUT2D eigenvalue weighted by atomic mass is 9.63. The molecule has 7 atom stereocenters. The van der Waals surface area contributed by atoms with Crippen molar-refractivity contribution in [3.05, 3.63) is 77.4 Å². The van der Waals surface area contributed by atoms with Crippen molar-refractivity contribution in [1.82, 2.24) is 4.90 Å². The molecule has 0 aromatic heterocycles. The molecule has 3 amide bonds. The Balaban J connectivity index is 1.34. The summed E-state index contributed by atoms with van der Waals surface area (Å²) < 4.78 is 0. The van der Waals surface area contributed by atoms with E-state index in [2.05, 4.69) is 17.5 Å².